The third kappa shape index (κ3) is 6.67. The van der Waals surface area contributed by atoms with Gasteiger partial charge in [0.25, 0.3) is 0 Å². The normalized spacial score (nSPS) is 11.4. The first kappa shape index (κ1) is 28.1. The van der Waals surface area contributed by atoms with Gasteiger partial charge in [-0.1, -0.05) is 156 Å². The lowest BCUT2D eigenvalue weighted by Crippen LogP contribution is -2.46. The second-order valence-corrected chi connectivity index (χ2v) is 13.0. The third-order valence-corrected chi connectivity index (χ3v) is 10.4. The number of imidazole rings is 1. The molecule has 0 spiro atoms. The van der Waals surface area contributed by atoms with Gasteiger partial charge in [-0.3, -0.25) is 0 Å². The van der Waals surface area contributed by atoms with Crippen molar-refractivity contribution in [3.05, 3.63) is 192 Å². The van der Waals surface area contributed by atoms with Crippen LogP contribution in [0.5, 0.6) is 0 Å². The molecule has 4 heteroatoms. The molecule has 1 aromatic heterocycles. The van der Waals surface area contributed by atoms with Crippen LogP contribution in [0.3, 0.4) is 0 Å². The van der Waals surface area contributed by atoms with Crippen molar-refractivity contribution < 1.29 is 0 Å². The highest BCUT2D eigenvalue weighted by molar-refractivity contribution is 6.57. The van der Waals surface area contributed by atoms with Crippen molar-refractivity contribution >= 4 is 22.6 Å². The summed E-state index contributed by atoms with van der Waals surface area (Å²) in [5.74, 6) is 0.484. The van der Waals surface area contributed by atoms with Crippen LogP contribution in [0, 0.1) is 13.8 Å². The topological polar surface area (TPSA) is 17.8 Å². The maximum absolute atomic E-state index is 4.41. The van der Waals surface area contributed by atoms with E-state index in [4.69, 9.17) is 0 Å². The van der Waals surface area contributed by atoms with E-state index in [9.17, 15) is 0 Å². The number of rotatable bonds is 7. The molecule has 6 rings (SSSR count). The fraction of sp³-hybridized carbons (Fsp3) is 0.108. The lowest BCUT2D eigenvalue weighted by atomic mass is 9.76. The van der Waals surface area contributed by atoms with Gasteiger partial charge in [0, 0.05) is 12.4 Å². The molecule has 0 aliphatic heterocycles. The minimum atomic E-state index is -0.779. The van der Waals surface area contributed by atoms with Gasteiger partial charge < -0.3 is 4.57 Å². The van der Waals surface area contributed by atoms with E-state index in [0.717, 1.165) is 0 Å². The highest BCUT2D eigenvalue weighted by Crippen LogP contribution is 2.34. The maximum atomic E-state index is 4.41. The monoisotopic (exact) mass is 548 g/mol. The summed E-state index contributed by atoms with van der Waals surface area (Å²) in [4.78, 5) is 4.41. The molecular weight excluding hydrogens is 511 g/mol. The minimum absolute atomic E-state index is 0.212. The number of hydrogen-bond acceptors (Lipinski definition) is 1. The zero-order chi connectivity index (χ0) is 28.5. The molecule has 41 heavy (non-hydrogen) atoms. The Balaban J connectivity index is 0.000000202. The zero-order valence-corrected chi connectivity index (χ0v) is 25.6. The Morgan fingerprint density at radius 1 is 0.634 bits per heavy atom. The number of nitrogens with zero attached hydrogens (tertiary/aromatic N) is 2. The Labute approximate surface area is 248 Å². The lowest BCUT2D eigenvalue weighted by Gasteiger charge is -2.37. The van der Waals surface area contributed by atoms with Gasteiger partial charge in [-0.05, 0) is 41.9 Å². The molecule has 0 radical (unpaired) electrons. The van der Waals surface area contributed by atoms with Crippen molar-refractivity contribution in [2.24, 2.45) is 0 Å². The van der Waals surface area contributed by atoms with Gasteiger partial charge >= 0.3 is 0 Å². The molecule has 0 fully saturated rings. The van der Waals surface area contributed by atoms with E-state index in [1.807, 2.05) is 12.5 Å². The number of benzene rings is 5. The Hall–Kier alpha value is -4.41. The summed E-state index contributed by atoms with van der Waals surface area (Å²) < 4.78 is 2.32. The quantitative estimate of drug-likeness (QED) is 0.219. The summed E-state index contributed by atoms with van der Waals surface area (Å²) in [6, 6.07) is 50.0. The van der Waals surface area contributed by atoms with Gasteiger partial charge in [0.05, 0.1) is 21.0 Å². The summed E-state index contributed by atoms with van der Waals surface area (Å²) in [7, 11) is 1.46. The highest BCUT2D eigenvalue weighted by atomic mass is 28.2. The molecule has 0 aliphatic rings. The molecule has 0 aliphatic carbocycles. The molecule has 6 aromatic rings. The molecule has 0 saturated heterocycles. The van der Waals surface area contributed by atoms with Crippen LogP contribution in [0.1, 0.15) is 39.2 Å². The fourth-order valence-corrected chi connectivity index (χ4v) is 7.93. The Morgan fingerprint density at radius 2 is 1.12 bits per heavy atom. The smallest absolute Gasteiger partial charge is 0.116 e. The molecule has 0 atom stereocenters. The Morgan fingerprint density at radius 3 is 1.56 bits per heavy atom. The molecule has 0 amide bonds. The predicted molar refractivity (Wildman–Crippen MR) is 179 cm³/mol. The van der Waals surface area contributed by atoms with Crippen LogP contribution >= 0.6 is 0 Å². The number of aryl methyl sites for hydroxylation is 2. The Bertz CT molecular complexity index is 1550. The molecule has 0 bridgehead atoms. The van der Waals surface area contributed by atoms with Gasteiger partial charge in [-0.15, -0.1) is 0 Å². The van der Waals surface area contributed by atoms with E-state index in [2.05, 4.69) is 177 Å². The second kappa shape index (κ2) is 13.3. The van der Waals surface area contributed by atoms with E-state index in [0.29, 0.717) is 5.82 Å². The van der Waals surface area contributed by atoms with Crippen molar-refractivity contribution in [1.29, 1.82) is 0 Å². The van der Waals surface area contributed by atoms with E-state index in [1.54, 1.807) is 0 Å². The second-order valence-electron chi connectivity index (χ2n) is 10.8. The molecular formula is C37H37BN2Si. The summed E-state index contributed by atoms with van der Waals surface area (Å²) in [6.45, 7) is 4.34. The SMILES string of the molecule is BC(c1ccccc1)c1ccccc1.Cc1cccc(C([SiH2]c2ccccc2)(c2cccc(C)c2)n2ccnc2)c1. The van der Waals surface area contributed by atoms with E-state index < -0.39 is 9.52 Å². The molecule has 0 N–H and O–H groups in total. The predicted octanol–water partition coefficient (Wildman–Crippen LogP) is 6.15. The van der Waals surface area contributed by atoms with Crippen LogP contribution in [-0.2, 0) is 5.16 Å². The fourth-order valence-electron chi connectivity index (χ4n) is 5.62. The van der Waals surface area contributed by atoms with Crippen molar-refractivity contribution in [2.75, 3.05) is 0 Å². The highest BCUT2D eigenvalue weighted by Gasteiger charge is 2.36. The summed E-state index contributed by atoms with van der Waals surface area (Å²) in [6.07, 6.45) is 5.97. The van der Waals surface area contributed by atoms with Crippen LogP contribution in [0.2, 0.25) is 0 Å². The molecule has 2 nitrogen and oxygen atoms in total. The van der Waals surface area contributed by atoms with Gasteiger partial charge in [0.1, 0.15) is 7.85 Å². The van der Waals surface area contributed by atoms with E-state index >= 15 is 0 Å². The molecule has 1 heterocycles. The minimum Gasteiger partial charge on any atom is -0.326 e. The molecule has 0 unspecified atom stereocenters. The van der Waals surface area contributed by atoms with Crippen molar-refractivity contribution in [2.45, 2.75) is 24.8 Å². The van der Waals surface area contributed by atoms with E-state index in [1.165, 1.54) is 38.6 Å². The molecule has 202 valence electrons. The summed E-state index contributed by atoms with van der Waals surface area (Å²) in [5.41, 5.74) is 7.99. The van der Waals surface area contributed by atoms with Gasteiger partial charge in [0.2, 0.25) is 0 Å². The first-order valence-corrected chi connectivity index (χ1v) is 15.7. The van der Waals surface area contributed by atoms with Gasteiger partial charge in [-0.2, -0.15) is 0 Å². The zero-order valence-electron chi connectivity index (χ0n) is 24.2. The third-order valence-electron chi connectivity index (χ3n) is 7.84. The molecule has 0 saturated carbocycles. The van der Waals surface area contributed by atoms with Gasteiger partial charge in [0.15, 0.2) is 0 Å². The first-order valence-electron chi connectivity index (χ1n) is 14.3. The number of hydrogen-bond donors (Lipinski definition) is 0. The van der Waals surface area contributed by atoms with Crippen molar-refractivity contribution in [3.8, 4) is 0 Å². The van der Waals surface area contributed by atoms with Crippen LogP contribution in [0.4, 0.5) is 0 Å². The van der Waals surface area contributed by atoms with Gasteiger partial charge in [-0.25, -0.2) is 4.98 Å². The van der Waals surface area contributed by atoms with Crippen LogP contribution < -0.4 is 5.19 Å². The Kier molecular flexibility index (Phi) is 9.12. The average molecular weight is 549 g/mol. The average Bonchev–Trinajstić information content (AvgIpc) is 3.57. The standard InChI is InChI=1S/C24H24N2Si.C13H13B/c1-19-8-6-10-21(16-19)24(26-15-14-25-18-26,22-11-7-9-20(2)17-22)27-23-12-4-3-5-13-23;14-13(11-7-3-1-4-8-11)12-9-5-2-6-10-12/h3-18H,27H2,1-2H3;1-10,13H,14H2. The van der Waals surface area contributed by atoms with Crippen LogP contribution in [0.25, 0.3) is 0 Å². The largest absolute Gasteiger partial charge is 0.326 e. The number of aromatic nitrogens is 2. The summed E-state index contributed by atoms with van der Waals surface area (Å²) in [5, 5.41) is 1.23. The van der Waals surface area contributed by atoms with Crippen LogP contribution in [0.15, 0.2) is 158 Å². The molecule has 5 aromatic carbocycles. The van der Waals surface area contributed by atoms with E-state index in [-0.39, 0.29) is 5.16 Å². The van der Waals surface area contributed by atoms with Crippen molar-refractivity contribution in [1.82, 2.24) is 9.55 Å². The van der Waals surface area contributed by atoms with Crippen molar-refractivity contribution in [3.63, 3.8) is 0 Å². The van der Waals surface area contributed by atoms with Crippen LogP contribution in [-0.4, -0.2) is 26.9 Å². The first-order chi connectivity index (χ1) is 20.1. The summed E-state index contributed by atoms with van der Waals surface area (Å²) >= 11 is 0. The maximum Gasteiger partial charge on any atom is 0.116 e. The lowest BCUT2D eigenvalue weighted by molar-refractivity contribution is 0.596.